The molecule has 1 saturated carbocycles. The molecule has 6 N–H and O–H groups in total. The molecule has 36 heavy (non-hydrogen) atoms. The molecule has 2 fully saturated rings. The summed E-state index contributed by atoms with van der Waals surface area (Å²) >= 11 is 0. The summed E-state index contributed by atoms with van der Waals surface area (Å²) in [4.78, 5) is 12.6. The summed E-state index contributed by atoms with van der Waals surface area (Å²) in [5, 5.41) is 14.0. The van der Waals surface area contributed by atoms with E-state index < -0.39 is 31.7 Å². The topological polar surface area (TPSA) is 182 Å². The molecular formula is C22H30N7O6P. The number of fused-ring (bicyclic) bond motifs is 1. The summed E-state index contributed by atoms with van der Waals surface area (Å²) in [7, 11) is -2.33. The molecular weight excluding hydrogens is 489 g/mol. The van der Waals surface area contributed by atoms with Crippen LogP contribution in [0.1, 0.15) is 32.4 Å². The minimum Gasteiger partial charge on any atom is -0.479 e. The molecule has 5 atom stereocenters. The average Bonchev–Trinajstić information content (AvgIpc) is 3.33. The lowest BCUT2D eigenvalue weighted by Gasteiger charge is -2.31. The number of nitrogens with two attached hydrogens (primary N) is 2. The van der Waals surface area contributed by atoms with Crippen LogP contribution in [0.3, 0.4) is 0 Å². The smallest absolute Gasteiger partial charge is 0.459 e. The van der Waals surface area contributed by atoms with E-state index in [1.54, 1.807) is 35.8 Å². The van der Waals surface area contributed by atoms with Gasteiger partial charge in [-0.25, -0.2) is 14.6 Å². The Morgan fingerprint density at radius 3 is 2.72 bits per heavy atom. The minimum absolute atomic E-state index is 0.0145. The van der Waals surface area contributed by atoms with Gasteiger partial charge in [-0.15, -0.1) is 0 Å². The van der Waals surface area contributed by atoms with E-state index in [2.05, 4.69) is 20.0 Å². The van der Waals surface area contributed by atoms with Crippen molar-refractivity contribution >= 4 is 24.9 Å². The van der Waals surface area contributed by atoms with E-state index in [-0.39, 0.29) is 24.5 Å². The maximum Gasteiger partial charge on any atom is 0.459 e. The standard InChI is InChI=1S/C22H30N7O6P/c1-22(24)17(30)15(34-20(22)29-12-25-16-18(29)26-21(23)27-19(16)32-2)11-33-36(31,28-13-7-6-8-13)35-14-9-4-3-5-10-14/h3-5,9-10,12-13,15,17,20,30H,6-8,11,24H2,1-2H3,(H,28,31)(H2,23,26,27)/t15-,17-,20?,22-,36?/m1/s1. The minimum atomic E-state index is -3.77. The number of nitrogens with one attached hydrogen (secondary N) is 1. The lowest BCUT2D eigenvalue weighted by atomic mass is 9.93. The fourth-order valence-corrected chi connectivity index (χ4v) is 5.92. The van der Waals surface area contributed by atoms with Crippen LogP contribution in [0.25, 0.3) is 11.2 Å². The molecule has 1 aliphatic carbocycles. The predicted molar refractivity (Wildman–Crippen MR) is 130 cm³/mol. The van der Waals surface area contributed by atoms with Gasteiger partial charge in [-0.1, -0.05) is 24.6 Å². The second kappa shape index (κ2) is 9.58. The largest absolute Gasteiger partial charge is 0.479 e. The molecule has 5 rings (SSSR count). The lowest BCUT2D eigenvalue weighted by Crippen LogP contribution is -2.52. The van der Waals surface area contributed by atoms with Crippen molar-refractivity contribution in [1.29, 1.82) is 0 Å². The first-order valence-electron chi connectivity index (χ1n) is 11.6. The molecule has 0 bridgehead atoms. The number of methoxy groups -OCH3 is 1. The number of aromatic nitrogens is 4. The molecule has 3 aromatic rings. The van der Waals surface area contributed by atoms with Crippen LogP contribution in [0.15, 0.2) is 36.7 Å². The Balaban J connectivity index is 1.36. The van der Waals surface area contributed by atoms with Gasteiger partial charge in [0.25, 0.3) is 0 Å². The Kier molecular flexibility index (Phi) is 6.62. The average molecular weight is 519 g/mol. The third-order valence-corrected chi connectivity index (χ3v) is 8.12. The summed E-state index contributed by atoms with van der Waals surface area (Å²) in [6.07, 6.45) is 1.28. The van der Waals surface area contributed by atoms with E-state index in [4.69, 9.17) is 30.0 Å². The van der Waals surface area contributed by atoms with E-state index >= 15 is 0 Å². The summed E-state index contributed by atoms with van der Waals surface area (Å²) in [6, 6.07) is 8.79. The molecule has 1 aromatic carbocycles. The van der Waals surface area contributed by atoms with E-state index in [0.717, 1.165) is 19.3 Å². The fraction of sp³-hybridized carbons (Fsp3) is 0.500. The Labute approximate surface area is 207 Å². The predicted octanol–water partition coefficient (Wildman–Crippen LogP) is 1.74. The van der Waals surface area contributed by atoms with Crippen LogP contribution in [-0.2, 0) is 13.8 Å². The number of ether oxygens (including phenoxy) is 2. The van der Waals surface area contributed by atoms with Crippen LogP contribution in [0.4, 0.5) is 5.95 Å². The number of imidazole rings is 1. The van der Waals surface area contributed by atoms with E-state index in [1.165, 1.54) is 13.4 Å². The quantitative estimate of drug-likeness (QED) is 0.301. The van der Waals surface area contributed by atoms with Gasteiger partial charge < -0.3 is 30.6 Å². The van der Waals surface area contributed by atoms with Gasteiger partial charge >= 0.3 is 7.75 Å². The van der Waals surface area contributed by atoms with Crippen LogP contribution in [0.5, 0.6) is 11.6 Å². The first kappa shape index (κ1) is 24.9. The fourth-order valence-electron chi connectivity index (χ4n) is 4.29. The molecule has 2 aliphatic rings. The second-order valence-electron chi connectivity index (χ2n) is 9.21. The second-order valence-corrected chi connectivity index (χ2v) is 10.9. The van der Waals surface area contributed by atoms with Crippen molar-refractivity contribution in [1.82, 2.24) is 24.6 Å². The zero-order valence-electron chi connectivity index (χ0n) is 20.0. The zero-order chi connectivity index (χ0) is 25.5. The van der Waals surface area contributed by atoms with E-state index in [0.29, 0.717) is 16.9 Å². The molecule has 2 aromatic heterocycles. The molecule has 1 saturated heterocycles. The number of anilines is 1. The molecule has 14 heteroatoms. The SMILES string of the molecule is COc1nc(N)nc2c1ncn2C1O[C@H](COP(=O)(NC2CCC2)Oc2ccccc2)[C@@H](O)[C@@]1(C)N. The third kappa shape index (κ3) is 4.65. The van der Waals surface area contributed by atoms with Gasteiger partial charge in [0.2, 0.25) is 11.8 Å². The highest BCUT2D eigenvalue weighted by molar-refractivity contribution is 7.52. The van der Waals surface area contributed by atoms with E-state index in [9.17, 15) is 9.67 Å². The number of para-hydroxylation sites is 1. The van der Waals surface area contributed by atoms with Crippen LogP contribution >= 0.6 is 7.75 Å². The molecule has 0 amide bonds. The van der Waals surface area contributed by atoms with Crippen LogP contribution < -0.4 is 25.8 Å². The van der Waals surface area contributed by atoms with Crippen molar-refractivity contribution in [2.24, 2.45) is 5.73 Å². The summed E-state index contributed by atoms with van der Waals surface area (Å²) in [5.41, 5.74) is 11.8. The van der Waals surface area contributed by atoms with Gasteiger partial charge in [0.05, 0.1) is 25.6 Å². The lowest BCUT2D eigenvalue weighted by molar-refractivity contribution is -0.0425. The first-order chi connectivity index (χ1) is 17.2. The Hall–Kier alpha value is -2.80. The van der Waals surface area contributed by atoms with Gasteiger partial charge in [0.1, 0.15) is 18.0 Å². The summed E-state index contributed by atoms with van der Waals surface area (Å²) in [5.74, 6) is 0.590. The number of hydrogen-bond acceptors (Lipinski definition) is 11. The van der Waals surface area contributed by atoms with Crippen molar-refractivity contribution in [3.8, 4) is 11.6 Å². The maximum absolute atomic E-state index is 13.6. The normalized spacial score (nSPS) is 28.1. The number of hydrogen-bond donors (Lipinski definition) is 4. The monoisotopic (exact) mass is 519 g/mol. The molecule has 0 spiro atoms. The summed E-state index contributed by atoms with van der Waals surface area (Å²) < 4.78 is 38.1. The highest BCUT2D eigenvalue weighted by atomic mass is 31.2. The molecule has 13 nitrogen and oxygen atoms in total. The van der Waals surface area contributed by atoms with Crippen LogP contribution in [-0.4, -0.2) is 62.1 Å². The molecule has 194 valence electrons. The maximum atomic E-state index is 13.6. The Morgan fingerprint density at radius 1 is 1.31 bits per heavy atom. The van der Waals surface area contributed by atoms with Crippen molar-refractivity contribution in [2.75, 3.05) is 19.5 Å². The van der Waals surface area contributed by atoms with Gasteiger partial charge in [-0.05, 0) is 31.9 Å². The number of benzene rings is 1. The highest BCUT2D eigenvalue weighted by Crippen LogP contribution is 2.48. The first-order valence-corrected chi connectivity index (χ1v) is 13.2. The summed E-state index contributed by atoms with van der Waals surface area (Å²) in [6.45, 7) is 1.41. The van der Waals surface area contributed by atoms with Gasteiger partial charge in [0.15, 0.2) is 17.4 Å². The van der Waals surface area contributed by atoms with Gasteiger partial charge in [0, 0.05) is 6.04 Å². The van der Waals surface area contributed by atoms with Gasteiger partial charge in [-0.3, -0.25) is 9.09 Å². The van der Waals surface area contributed by atoms with Crippen LogP contribution in [0, 0.1) is 0 Å². The molecule has 0 radical (unpaired) electrons. The number of aliphatic hydroxyl groups is 1. The van der Waals surface area contributed by atoms with E-state index in [1.807, 2.05) is 6.07 Å². The number of nitrogens with zero attached hydrogens (tertiary/aromatic N) is 4. The number of nitrogen functional groups attached to an aromatic ring is 1. The number of aliphatic hydroxyl groups excluding tert-OH is 1. The number of rotatable bonds is 9. The Bertz CT molecular complexity index is 1270. The molecule has 1 aliphatic heterocycles. The Morgan fingerprint density at radius 2 is 2.06 bits per heavy atom. The van der Waals surface area contributed by atoms with Crippen molar-refractivity contribution in [2.45, 2.75) is 56.2 Å². The van der Waals surface area contributed by atoms with Crippen molar-refractivity contribution < 1.29 is 28.2 Å². The van der Waals surface area contributed by atoms with Crippen LogP contribution in [0.2, 0.25) is 0 Å². The van der Waals surface area contributed by atoms with Crippen molar-refractivity contribution in [3.05, 3.63) is 36.7 Å². The van der Waals surface area contributed by atoms with Crippen molar-refractivity contribution in [3.63, 3.8) is 0 Å². The molecule has 2 unspecified atom stereocenters. The highest BCUT2D eigenvalue weighted by Gasteiger charge is 2.53. The van der Waals surface area contributed by atoms with Gasteiger partial charge in [-0.2, -0.15) is 9.97 Å². The third-order valence-electron chi connectivity index (χ3n) is 6.50. The zero-order valence-corrected chi connectivity index (χ0v) is 20.9. The molecule has 3 heterocycles.